The van der Waals surface area contributed by atoms with Crippen molar-refractivity contribution in [1.29, 1.82) is 0 Å². The molecular formula is C12H8N2O5SV. The van der Waals surface area contributed by atoms with Crippen molar-refractivity contribution in [3.63, 3.8) is 0 Å². The second-order valence-corrected chi connectivity index (χ2v) is 4.44. The van der Waals surface area contributed by atoms with Crippen LogP contribution in [0.2, 0.25) is 0 Å². The van der Waals surface area contributed by atoms with Crippen LogP contribution >= 0.6 is 0 Å². The second kappa shape index (κ2) is 7.91. The monoisotopic (exact) mass is 343 g/mol. The van der Waals surface area contributed by atoms with Crippen LogP contribution in [0.5, 0.6) is 0 Å². The average Bonchev–Trinajstić information content (AvgIpc) is 2.47. The number of hydrogen-bond donors (Lipinski definition) is 0. The SMILES string of the molecule is O=S(=O)([O-])[O-].[O]=[V+2].c1cnc2c(c1)ccc1cccnc12. The van der Waals surface area contributed by atoms with Crippen molar-refractivity contribution in [2.24, 2.45) is 0 Å². The Morgan fingerprint density at radius 3 is 1.48 bits per heavy atom. The van der Waals surface area contributed by atoms with E-state index in [0.717, 1.165) is 39.2 Å². The van der Waals surface area contributed by atoms with Crippen molar-refractivity contribution in [3.8, 4) is 0 Å². The standard InChI is InChI=1S/C12H8N2.H2O4S.O.V/c1-3-9-5-6-10-4-2-8-14-12(10)11(9)13-7-1;1-5(2,3)4;;/h1-8H;(H2,1,2,3,4);;/q;;;+2/p-2. The van der Waals surface area contributed by atoms with Crippen LogP contribution in [0.25, 0.3) is 21.8 Å². The van der Waals surface area contributed by atoms with E-state index in [2.05, 4.69) is 34.2 Å². The molecule has 0 fully saturated rings. The molecule has 3 aromatic rings. The van der Waals surface area contributed by atoms with E-state index >= 15 is 0 Å². The molecule has 0 radical (unpaired) electrons. The predicted molar refractivity (Wildman–Crippen MR) is 68.2 cm³/mol. The molecule has 0 aliphatic heterocycles. The number of aromatic nitrogens is 2. The number of pyridine rings is 2. The van der Waals surface area contributed by atoms with Gasteiger partial charge in [-0.05, 0) is 12.1 Å². The van der Waals surface area contributed by atoms with Crippen LogP contribution in [0, 0.1) is 0 Å². The number of hydrogen-bond acceptors (Lipinski definition) is 7. The van der Waals surface area contributed by atoms with Crippen molar-refractivity contribution in [1.82, 2.24) is 9.97 Å². The van der Waals surface area contributed by atoms with Crippen molar-refractivity contribution in [3.05, 3.63) is 48.8 Å². The van der Waals surface area contributed by atoms with Crippen LogP contribution in [-0.2, 0) is 31.4 Å². The Kier molecular flexibility index (Phi) is 6.54. The van der Waals surface area contributed by atoms with E-state index in [1.165, 1.54) is 0 Å². The summed E-state index contributed by atoms with van der Waals surface area (Å²) in [7, 11) is -5.17. The van der Waals surface area contributed by atoms with Crippen molar-refractivity contribution >= 4 is 32.2 Å². The zero-order valence-corrected chi connectivity index (χ0v) is 12.6. The molecule has 0 bridgehead atoms. The zero-order chi connectivity index (χ0) is 15.9. The van der Waals surface area contributed by atoms with Gasteiger partial charge in [-0.25, -0.2) is 0 Å². The van der Waals surface area contributed by atoms with E-state index < -0.39 is 10.4 Å². The first-order valence-corrected chi connectivity index (χ1v) is 7.29. The van der Waals surface area contributed by atoms with E-state index in [9.17, 15) is 0 Å². The molecule has 0 N–H and O–H groups in total. The minimum atomic E-state index is -5.17. The molecule has 0 aliphatic carbocycles. The van der Waals surface area contributed by atoms with Crippen molar-refractivity contribution < 1.29 is 38.6 Å². The van der Waals surface area contributed by atoms with Gasteiger partial charge in [-0.15, -0.1) is 0 Å². The van der Waals surface area contributed by atoms with Crippen LogP contribution in [-0.4, -0.2) is 27.5 Å². The predicted octanol–water partition coefficient (Wildman–Crippen LogP) is 1.32. The van der Waals surface area contributed by atoms with E-state index in [1.807, 2.05) is 12.1 Å². The molecule has 0 amide bonds. The first-order valence-electron chi connectivity index (χ1n) is 5.38. The van der Waals surface area contributed by atoms with Crippen LogP contribution in [0.15, 0.2) is 48.8 Å². The van der Waals surface area contributed by atoms with Gasteiger partial charge in [0.25, 0.3) is 0 Å². The third-order valence-corrected chi connectivity index (χ3v) is 2.34. The minimum Gasteiger partial charge on any atom is -0.254 e. The zero-order valence-electron chi connectivity index (χ0n) is 10.4. The fourth-order valence-corrected chi connectivity index (χ4v) is 1.68. The van der Waals surface area contributed by atoms with Crippen molar-refractivity contribution in [2.75, 3.05) is 0 Å². The topological polar surface area (TPSA) is 123 Å². The van der Waals surface area contributed by atoms with Gasteiger partial charge in [0.05, 0.1) is 11.0 Å². The largest absolute Gasteiger partial charge is 0.254 e. The summed E-state index contributed by atoms with van der Waals surface area (Å²) in [6.45, 7) is 0. The molecule has 2 aromatic heterocycles. The molecule has 3 rings (SSSR count). The maximum atomic E-state index is 8.52. The van der Waals surface area contributed by atoms with Gasteiger partial charge in [0.15, 0.2) is 0 Å². The van der Waals surface area contributed by atoms with Gasteiger partial charge >= 0.3 is 21.0 Å². The number of fused-ring (bicyclic) bond motifs is 3. The van der Waals surface area contributed by atoms with E-state index in [0.29, 0.717) is 0 Å². The average molecular weight is 343 g/mol. The Morgan fingerprint density at radius 2 is 1.14 bits per heavy atom. The summed E-state index contributed by atoms with van der Waals surface area (Å²) in [5.74, 6) is 0. The van der Waals surface area contributed by atoms with Gasteiger partial charge < -0.3 is 9.11 Å². The summed E-state index contributed by atoms with van der Waals surface area (Å²) in [6.07, 6.45) is 3.60. The van der Waals surface area contributed by atoms with Crippen LogP contribution in [0.4, 0.5) is 0 Å². The summed E-state index contributed by atoms with van der Waals surface area (Å²) >= 11 is 1.06. The molecular weight excluding hydrogens is 335 g/mol. The molecule has 21 heavy (non-hydrogen) atoms. The van der Waals surface area contributed by atoms with Gasteiger partial charge in [-0.3, -0.25) is 18.4 Å². The number of nitrogens with zero attached hydrogens (tertiary/aromatic N) is 2. The maximum Gasteiger partial charge on any atom is 0.0964 e. The molecule has 0 saturated heterocycles. The van der Waals surface area contributed by atoms with E-state index in [-0.39, 0.29) is 0 Å². The normalized spacial score (nSPS) is 10.3. The minimum absolute atomic E-state index is 0.977. The molecule has 0 spiro atoms. The molecule has 2 heterocycles. The fourth-order valence-electron chi connectivity index (χ4n) is 1.68. The molecule has 0 saturated carbocycles. The first kappa shape index (κ1) is 17.3. The van der Waals surface area contributed by atoms with E-state index in [1.54, 1.807) is 12.4 Å². The third kappa shape index (κ3) is 5.66. The van der Waals surface area contributed by atoms with Crippen LogP contribution in [0.3, 0.4) is 0 Å². The Labute approximate surface area is 129 Å². The summed E-state index contributed by atoms with van der Waals surface area (Å²) in [6, 6.07) is 12.1. The Balaban J connectivity index is 0.000000272. The van der Waals surface area contributed by atoms with E-state index in [4.69, 9.17) is 21.2 Å². The summed E-state index contributed by atoms with van der Waals surface area (Å²) in [5, 5.41) is 2.28. The molecule has 0 aliphatic rings. The van der Waals surface area contributed by atoms with Gasteiger partial charge in [0.2, 0.25) is 0 Å². The van der Waals surface area contributed by atoms with Gasteiger partial charge in [0, 0.05) is 33.6 Å². The molecule has 0 unspecified atom stereocenters. The first-order chi connectivity index (χ1) is 9.95. The Hall–Kier alpha value is -1.71. The maximum absolute atomic E-state index is 8.52. The summed E-state index contributed by atoms with van der Waals surface area (Å²) in [4.78, 5) is 8.69. The van der Waals surface area contributed by atoms with Gasteiger partial charge in [0.1, 0.15) is 0 Å². The molecule has 1 aromatic carbocycles. The number of benzene rings is 1. The van der Waals surface area contributed by atoms with Crippen LogP contribution in [0.1, 0.15) is 0 Å². The Bertz CT molecular complexity index is 778. The van der Waals surface area contributed by atoms with Gasteiger partial charge in [-0.1, -0.05) is 24.3 Å². The Morgan fingerprint density at radius 1 is 0.810 bits per heavy atom. The van der Waals surface area contributed by atoms with Crippen molar-refractivity contribution in [2.45, 2.75) is 0 Å². The van der Waals surface area contributed by atoms with Crippen LogP contribution < -0.4 is 0 Å². The fraction of sp³-hybridized carbons (Fsp3) is 0. The second-order valence-electron chi connectivity index (χ2n) is 3.62. The van der Waals surface area contributed by atoms with Gasteiger partial charge in [-0.2, -0.15) is 0 Å². The quantitative estimate of drug-likeness (QED) is 0.342. The molecule has 0 atom stereocenters. The molecule has 7 nitrogen and oxygen atoms in total. The summed E-state index contributed by atoms with van der Waals surface area (Å²) < 4.78 is 42.3. The molecule has 9 heteroatoms. The number of rotatable bonds is 0. The summed E-state index contributed by atoms with van der Waals surface area (Å²) in [5.41, 5.74) is 1.95. The molecule has 107 valence electrons. The smallest absolute Gasteiger partial charge is 0.0964 e. The third-order valence-electron chi connectivity index (χ3n) is 2.34.